The van der Waals surface area contributed by atoms with E-state index in [0.29, 0.717) is 12.1 Å². The van der Waals surface area contributed by atoms with Gasteiger partial charge < -0.3 is 15.4 Å². The number of amides is 1. The van der Waals surface area contributed by atoms with Crippen LogP contribution in [0, 0.1) is 0 Å². The zero-order chi connectivity index (χ0) is 19.9. The topological polar surface area (TPSA) is 103 Å². The lowest BCUT2D eigenvalue weighted by atomic mass is 9.99. The standard InChI is InChI=1S/C20H21N3O4S/c1-13(25)21-14-6-8-16(9-7-14)28(26,27)23-11-20-18(10-15(23)12-24)17-4-2-3-5-19(17)22-20/h2-9,15,22,24H,10-12H2,1H3,(H,21,25). The van der Waals surface area contributed by atoms with Crippen LogP contribution in [0.15, 0.2) is 53.4 Å². The molecular formula is C20H21N3O4S. The highest BCUT2D eigenvalue weighted by atomic mass is 32.2. The van der Waals surface area contributed by atoms with Gasteiger partial charge in [0.25, 0.3) is 0 Å². The first-order valence-corrected chi connectivity index (χ1v) is 10.4. The summed E-state index contributed by atoms with van der Waals surface area (Å²) >= 11 is 0. The van der Waals surface area contributed by atoms with Gasteiger partial charge in [0, 0.05) is 29.2 Å². The van der Waals surface area contributed by atoms with Crippen molar-refractivity contribution >= 4 is 32.5 Å². The molecular weight excluding hydrogens is 378 g/mol. The highest BCUT2D eigenvalue weighted by molar-refractivity contribution is 7.89. The Morgan fingerprint density at radius 2 is 1.93 bits per heavy atom. The number of aliphatic hydroxyl groups is 1. The molecule has 2 aromatic carbocycles. The predicted molar refractivity (Wildman–Crippen MR) is 106 cm³/mol. The molecule has 1 atom stereocenters. The molecule has 1 aliphatic heterocycles. The van der Waals surface area contributed by atoms with E-state index in [2.05, 4.69) is 10.3 Å². The second-order valence-electron chi connectivity index (χ2n) is 6.92. The van der Waals surface area contributed by atoms with Gasteiger partial charge in [0.2, 0.25) is 15.9 Å². The first kappa shape index (κ1) is 18.7. The number of rotatable bonds is 4. The number of aromatic amines is 1. The molecule has 1 amide bonds. The fourth-order valence-corrected chi connectivity index (χ4v) is 5.32. The number of aromatic nitrogens is 1. The third-order valence-corrected chi connectivity index (χ3v) is 6.97. The Hall–Kier alpha value is -2.68. The number of para-hydroxylation sites is 1. The average Bonchev–Trinajstić information content (AvgIpc) is 3.04. The SMILES string of the molecule is CC(=O)Nc1ccc(S(=O)(=O)N2Cc3[nH]c4ccccc4c3CC2CO)cc1. The van der Waals surface area contributed by atoms with Crippen molar-refractivity contribution in [1.82, 2.24) is 9.29 Å². The van der Waals surface area contributed by atoms with Crippen molar-refractivity contribution in [3.63, 3.8) is 0 Å². The minimum Gasteiger partial charge on any atom is -0.395 e. The Morgan fingerprint density at radius 3 is 2.61 bits per heavy atom. The highest BCUT2D eigenvalue weighted by Gasteiger charge is 2.36. The summed E-state index contributed by atoms with van der Waals surface area (Å²) in [6, 6.07) is 13.4. The predicted octanol–water partition coefficient (Wildman–Crippen LogP) is 2.23. The Bertz CT molecular complexity index is 1140. The van der Waals surface area contributed by atoms with Gasteiger partial charge in [-0.2, -0.15) is 4.31 Å². The summed E-state index contributed by atoms with van der Waals surface area (Å²) in [5, 5.41) is 13.6. The van der Waals surface area contributed by atoms with Crippen LogP contribution >= 0.6 is 0 Å². The van der Waals surface area contributed by atoms with Crippen LogP contribution in [0.3, 0.4) is 0 Å². The van der Waals surface area contributed by atoms with Crippen LogP contribution < -0.4 is 5.32 Å². The van der Waals surface area contributed by atoms with Crippen molar-refractivity contribution in [2.45, 2.75) is 30.8 Å². The number of hydrogen-bond acceptors (Lipinski definition) is 4. The number of benzene rings is 2. The summed E-state index contributed by atoms with van der Waals surface area (Å²) in [6.45, 7) is 1.30. The lowest BCUT2D eigenvalue weighted by Crippen LogP contribution is -2.46. The zero-order valence-electron chi connectivity index (χ0n) is 15.3. The van der Waals surface area contributed by atoms with Gasteiger partial charge in [-0.1, -0.05) is 18.2 Å². The Morgan fingerprint density at radius 1 is 1.21 bits per heavy atom. The lowest BCUT2D eigenvalue weighted by Gasteiger charge is -2.33. The molecule has 0 spiro atoms. The van der Waals surface area contributed by atoms with E-state index in [9.17, 15) is 18.3 Å². The van der Waals surface area contributed by atoms with Crippen molar-refractivity contribution in [2.24, 2.45) is 0 Å². The Balaban J connectivity index is 1.69. The molecule has 0 saturated carbocycles. The van der Waals surface area contributed by atoms with Gasteiger partial charge in [0.15, 0.2) is 0 Å². The average molecular weight is 399 g/mol. The third kappa shape index (κ3) is 3.19. The van der Waals surface area contributed by atoms with Crippen LogP contribution in [0.4, 0.5) is 5.69 Å². The fraction of sp³-hybridized carbons (Fsp3) is 0.250. The molecule has 1 aromatic heterocycles. The van der Waals surface area contributed by atoms with E-state index in [1.54, 1.807) is 12.1 Å². The molecule has 0 aliphatic carbocycles. The van der Waals surface area contributed by atoms with Crippen LogP contribution in [0.1, 0.15) is 18.2 Å². The van der Waals surface area contributed by atoms with Crippen LogP contribution in [0.25, 0.3) is 10.9 Å². The minimum absolute atomic E-state index is 0.125. The quantitative estimate of drug-likeness (QED) is 0.626. The van der Waals surface area contributed by atoms with Crippen molar-refractivity contribution in [3.8, 4) is 0 Å². The summed E-state index contributed by atoms with van der Waals surface area (Å²) in [7, 11) is -3.81. The largest absolute Gasteiger partial charge is 0.395 e. The smallest absolute Gasteiger partial charge is 0.243 e. The van der Waals surface area contributed by atoms with Gasteiger partial charge in [0.05, 0.1) is 24.1 Å². The van der Waals surface area contributed by atoms with E-state index >= 15 is 0 Å². The molecule has 28 heavy (non-hydrogen) atoms. The molecule has 1 aliphatic rings. The summed E-state index contributed by atoms with van der Waals surface area (Å²) in [5.74, 6) is -0.224. The number of carbonyl (C=O) groups is 1. The maximum absolute atomic E-state index is 13.2. The number of nitrogens with one attached hydrogen (secondary N) is 2. The number of nitrogens with zero attached hydrogens (tertiary/aromatic N) is 1. The van der Waals surface area contributed by atoms with Crippen LogP contribution in [0.2, 0.25) is 0 Å². The number of sulfonamides is 1. The van der Waals surface area contributed by atoms with Crippen LogP contribution in [-0.2, 0) is 27.8 Å². The molecule has 3 N–H and O–H groups in total. The number of carbonyl (C=O) groups excluding carboxylic acids is 1. The van der Waals surface area contributed by atoms with E-state index in [1.807, 2.05) is 24.3 Å². The minimum atomic E-state index is -3.81. The number of fused-ring (bicyclic) bond motifs is 3. The molecule has 4 rings (SSSR count). The van der Waals surface area contributed by atoms with E-state index < -0.39 is 16.1 Å². The summed E-state index contributed by atoms with van der Waals surface area (Å²) in [5.41, 5.74) is 3.40. The van der Waals surface area contributed by atoms with E-state index in [4.69, 9.17) is 0 Å². The molecule has 0 bridgehead atoms. The van der Waals surface area contributed by atoms with Crippen LogP contribution in [-0.4, -0.2) is 41.4 Å². The number of anilines is 1. The molecule has 3 aromatic rings. The Labute approximate surface area is 163 Å². The van der Waals surface area contributed by atoms with Crippen molar-refractivity contribution in [2.75, 3.05) is 11.9 Å². The van der Waals surface area contributed by atoms with Gasteiger partial charge in [-0.25, -0.2) is 8.42 Å². The molecule has 7 nitrogen and oxygen atoms in total. The summed E-state index contributed by atoms with van der Waals surface area (Å²) in [6.07, 6.45) is 0.444. The Kier molecular flexibility index (Phi) is 4.70. The fourth-order valence-electron chi connectivity index (χ4n) is 3.73. The van der Waals surface area contributed by atoms with Gasteiger partial charge in [-0.05, 0) is 42.3 Å². The molecule has 1 unspecified atom stereocenters. The van der Waals surface area contributed by atoms with Crippen molar-refractivity contribution in [1.29, 1.82) is 0 Å². The second-order valence-corrected chi connectivity index (χ2v) is 8.81. The molecule has 0 radical (unpaired) electrons. The molecule has 0 saturated heterocycles. The van der Waals surface area contributed by atoms with Crippen LogP contribution in [0.5, 0.6) is 0 Å². The highest BCUT2D eigenvalue weighted by Crippen LogP contribution is 2.33. The molecule has 0 fully saturated rings. The van der Waals surface area contributed by atoms with Gasteiger partial charge in [-0.3, -0.25) is 4.79 Å². The number of aliphatic hydroxyl groups excluding tert-OH is 1. The molecule has 8 heteroatoms. The van der Waals surface area contributed by atoms with E-state index in [-0.39, 0.29) is 24.0 Å². The van der Waals surface area contributed by atoms with E-state index in [1.165, 1.54) is 23.4 Å². The summed E-state index contributed by atoms with van der Waals surface area (Å²) in [4.78, 5) is 14.6. The normalized spacial score (nSPS) is 17.4. The second kappa shape index (κ2) is 7.05. The zero-order valence-corrected chi connectivity index (χ0v) is 16.2. The number of hydrogen-bond donors (Lipinski definition) is 3. The van der Waals surface area contributed by atoms with Gasteiger partial charge in [0.1, 0.15) is 0 Å². The monoisotopic (exact) mass is 399 g/mol. The lowest BCUT2D eigenvalue weighted by molar-refractivity contribution is -0.114. The van der Waals surface area contributed by atoms with Gasteiger partial charge in [-0.15, -0.1) is 0 Å². The molecule has 146 valence electrons. The first-order valence-electron chi connectivity index (χ1n) is 8.99. The number of H-pyrrole nitrogens is 1. The molecule has 2 heterocycles. The summed E-state index contributed by atoms with van der Waals surface area (Å²) < 4.78 is 27.8. The maximum Gasteiger partial charge on any atom is 0.243 e. The maximum atomic E-state index is 13.2. The van der Waals surface area contributed by atoms with E-state index in [0.717, 1.165) is 22.2 Å². The first-order chi connectivity index (χ1) is 13.4. The van der Waals surface area contributed by atoms with Gasteiger partial charge >= 0.3 is 0 Å². The third-order valence-electron chi connectivity index (χ3n) is 5.06. The van der Waals surface area contributed by atoms with Crippen molar-refractivity contribution < 1.29 is 18.3 Å². The van der Waals surface area contributed by atoms with Crippen molar-refractivity contribution in [3.05, 3.63) is 59.8 Å².